The average molecular weight is 563 g/mol. The number of fused-ring (bicyclic) bond motifs is 13. The third-order valence-electron chi connectivity index (χ3n) is 9.73. The van der Waals surface area contributed by atoms with Gasteiger partial charge < -0.3 is 8.83 Å². The number of hydrogen-bond acceptors (Lipinski definition) is 4. The van der Waals surface area contributed by atoms with Crippen molar-refractivity contribution < 1.29 is 8.83 Å². The summed E-state index contributed by atoms with van der Waals surface area (Å²) in [7, 11) is 0. The summed E-state index contributed by atoms with van der Waals surface area (Å²) in [5, 5.41) is 14.8. The zero-order valence-corrected chi connectivity index (χ0v) is 23.0. The van der Waals surface area contributed by atoms with Crippen molar-refractivity contribution in [1.29, 1.82) is 0 Å². The van der Waals surface area contributed by atoms with E-state index in [2.05, 4.69) is 36.4 Å². The summed E-state index contributed by atoms with van der Waals surface area (Å²) in [5.74, 6) is 0. The first kappa shape index (κ1) is 22.6. The van der Waals surface area contributed by atoms with Gasteiger partial charge in [0.1, 0.15) is 22.3 Å². The molecular formula is C40H18O4. The summed E-state index contributed by atoms with van der Waals surface area (Å²) in [5.41, 5.74) is 2.87. The maximum atomic E-state index is 13.4. The quantitative estimate of drug-likeness (QED) is 0.136. The van der Waals surface area contributed by atoms with Gasteiger partial charge in [0, 0.05) is 53.9 Å². The molecule has 0 saturated carbocycles. The lowest BCUT2D eigenvalue weighted by Crippen LogP contribution is -1.95. The number of rotatable bonds is 0. The first-order chi connectivity index (χ1) is 21.7. The van der Waals surface area contributed by atoms with E-state index in [1.54, 1.807) is 0 Å². The molecule has 0 aliphatic heterocycles. The van der Waals surface area contributed by atoms with Crippen LogP contribution in [0.5, 0.6) is 0 Å². The van der Waals surface area contributed by atoms with Crippen LogP contribution in [0.1, 0.15) is 0 Å². The molecule has 44 heavy (non-hydrogen) atoms. The van der Waals surface area contributed by atoms with Gasteiger partial charge in [-0.15, -0.1) is 0 Å². The van der Waals surface area contributed by atoms with E-state index in [1.807, 2.05) is 72.8 Å². The Bertz CT molecular complexity index is 2980. The highest BCUT2D eigenvalue weighted by molar-refractivity contribution is 6.41. The Balaban J connectivity index is 1.42. The third-order valence-corrected chi connectivity index (χ3v) is 9.73. The predicted molar refractivity (Wildman–Crippen MR) is 181 cm³/mol. The van der Waals surface area contributed by atoms with Gasteiger partial charge in [0.2, 0.25) is 0 Å². The molecule has 4 heteroatoms. The fourth-order valence-electron chi connectivity index (χ4n) is 7.88. The molecule has 11 aromatic rings. The van der Waals surface area contributed by atoms with Gasteiger partial charge in [-0.3, -0.25) is 9.59 Å². The average Bonchev–Trinajstić information content (AvgIpc) is 3.50. The van der Waals surface area contributed by atoms with E-state index in [4.69, 9.17) is 8.83 Å². The van der Waals surface area contributed by atoms with Crippen molar-refractivity contribution >= 4 is 109 Å². The van der Waals surface area contributed by atoms with Crippen molar-refractivity contribution in [3.8, 4) is 0 Å². The first-order valence-electron chi connectivity index (χ1n) is 14.7. The Kier molecular flexibility index (Phi) is 3.84. The van der Waals surface area contributed by atoms with Crippen molar-refractivity contribution in [3.63, 3.8) is 0 Å². The largest absolute Gasteiger partial charge is 0.456 e. The monoisotopic (exact) mass is 562 g/mol. The third kappa shape index (κ3) is 2.53. The van der Waals surface area contributed by atoms with E-state index in [1.165, 1.54) is 0 Å². The van der Waals surface area contributed by atoms with Gasteiger partial charge in [0.05, 0.1) is 0 Å². The zero-order chi connectivity index (χ0) is 28.8. The molecule has 0 amide bonds. The molecule has 0 saturated heterocycles. The van der Waals surface area contributed by atoms with E-state index in [0.29, 0.717) is 21.9 Å². The summed E-state index contributed by atoms with van der Waals surface area (Å²) in [4.78, 5) is 26.7. The van der Waals surface area contributed by atoms with Crippen LogP contribution in [0, 0.1) is 0 Å². The molecule has 0 unspecified atom stereocenters. The van der Waals surface area contributed by atoms with Crippen molar-refractivity contribution in [2.75, 3.05) is 0 Å². The number of hydrogen-bond donors (Lipinski definition) is 0. The Labute approximate surface area is 246 Å². The molecule has 11 rings (SSSR count). The molecule has 0 N–H and O–H groups in total. The minimum atomic E-state index is 0.0282. The first-order valence-corrected chi connectivity index (χ1v) is 14.7. The highest BCUT2D eigenvalue weighted by atomic mass is 16.3. The molecule has 0 fully saturated rings. The molecule has 0 aliphatic rings. The molecule has 0 radical (unpaired) electrons. The van der Waals surface area contributed by atoms with Crippen LogP contribution < -0.4 is 10.9 Å². The van der Waals surface area contributed by atoms with Gasteiger partial charge >= 0.3 is 0 Å². The second kappa shape index (κ2) is 7.49. The Hall–Kier alpha value is -6.00. The summed E-state index contributed by atoms with van der Waals surface area (Å²) in [6, 6.07) is 36.0. The van der Waals surface area contributed by atoms with Crippen LogP contribution >= 0.6 is 0 Å². The van der Waals surface area contributed by atoms with Crippen LogP contribution in [0.2, 0.25) is 0 Å². The Morgan fingerprint density at radius 1 is 0.295 bits per heavy atom. The van der Waals surface area contributed by atoms with Crippen LogP contribution in [-0.2, 0) is 0 Å². The van der Waals surface area contributed by atoms with Gasteiger partial charge in [-0.25, -0.2) is 0 Å². The fraction of sp³-hybridized carbons (Fsp3) is 0. The van der Waals surface area contributed by atoms with Crippen LogP contribution in [0.15, 0.2) is 128 Å². The maximum absolute atomic E-state index is 13.4. The van der Waals surface area contributed by atoms with Crippen molar-refractivity contribution in [1.82, 2.24) is 0 Å². The number of benzene rings is 7. The lowest BCUT2D eigenvalue weighted by Gasteiger charge is -2.17. The highest BCUT2D eigenvalue weighted by Crippen LogP contribution is 2.47. The van der Waals surface area contributed by atoms with Crippen LogP contribution in [0.25, 0.3) is 109 Å². The topological polar surface area (TPSA) is 60.4 Å². The van der Waals surface area contributed by atoms with E-state index >= 15 is 0 Å². The molecule has 0 atom stereocenters. The van der Waals surface area contributed by atoms with Crippen LogP contribution in [-0.4, -0.2) is 0 Å². The summed E-state index contributed by atoms with van der Waals surface area (Å²) < 4.78 is 13.2. The van der Waals surface area contributed by atoms with Gasteiger partial charge in [-0.05, 0) is 68.7 Å². The van der Waals surface area contributed by atoms with Gasteiger partial charge in [-0.1, -0.05) is 72.8 Å². The molecule has 0 bridgehead atoms. The van der Waals surface area contributed by atoms with Gasteiger partial charge in [0.25, 0.3) is 0 Å². The Morgan fingerprint density at radius 2 is 0.682 bits per heavy atom. The molecule has 0 aliphatic carbocycles. The van der Waals surface area contributed by atoms with E-state index in [9.17, 15) is 9.59 Å². The fourth-order valence-corrected chi connectivity index (χ4v) is 7.88. The van der Waals surface area contributed by atoms with Gasteiger partial charge in [0.15, 0.2) is 10.9 Å². The lowest BCUT2D eigenvalue weighted by atomic mass is 9.89. The van der Waals surface area contributed by atoms with Crippen molar-refractivity contribution in [2.45, 2.75) is 0 Å². The van der Waals surface area contributed by atoms with E-state index < -0.39 is 0 Å². The Morgan fingerprint density at radius 3 is 1.11 bits per heavy atom. The van der Waals surface area contributed by atoms with Crippen LogP contribution in [0.4, 0.5) is 0 Å². The predicted octanol–water partition coefficient (Wildman–Crippen LogP) is 10.0. The smallest absolute Gasteiger partial charge is 0.194 e. The lowest BCUT2D eigenvalue weighted by molar-refractivity contribution is 0.655. The molecule has 2 aromatic heterocycles. The van der Waals surface area contributed by atoms with Gasteiger partial charge in [-0.2, -0.15) is 0 Å². The molecule has 202 valence electrons. The van der Waals surface area contributed by atoms with E-state index in [-0.39, 0.29) is 10.9 Å². The summed E-state index contributed by atoms with van der Waals surface area (Å²) in [6.45, 7) is 0. The second-order valence-electron chi connectivity index (χ2n) is 11.8. The normalized spacial score (nSPS) is 12.7. The zero-order valence-electron chi connectivity index (χ0n) is 23.0. The molecule has 0 spiro atoms. The molecule has 4 nitrogen and oxygen atoms in total. The SMILES string of the molecule is O=c1c2ccccc2c2cc3c(cc12)oc1ccc2oc4cc5c(=O)c6ccccc6c5cc4c4c5ccccc5c3c1c24. The standard InChI is InChI=1S/C40H18O4/c41-39-23-11-5-1-7-19(23)25-15-29-33(17-27(25)39)43-31-13-14-32-38-36(22-10-4-3-9-21(22)35(29)37(31)38)30-16-26-20-8-2-6-12-24(20)40(42)28(26)18-34(30)44-32/h1-18H. The van der Waals surface area contributed by atoms with Crippen molar-refractivity contribution in [3.05, 3.63) is 130 Å². The summed E-state index contributed by atoms with van der Waals surface area (Å²) in [6.07, 6.45) is 0. The van der Waals surface area contributed by atoms with Crippen molar-refractivity contribution in [2.24, 2.45) is 0 Å². The molecule has 2 heterocycles. The minimum absolute atomic E-state index is 0.0282. The van der Waals surface area contributed by atoms with E-state index in [0.717, 1.165) is 86.6 Å². The highest BCUT2D eigenvalue weighted by Gasteiger charge is 2.23. The molecular weight excluding hydrogens is 544 g/mol. The summed E-state index contributed by atoms with van der Waals surface area (Å²) >= 11 is 0. The van der Waals surface area contributed by atoms with Crippen LogP contribution in [0.3, 0.4) is 0 Å². The maximum Gasteiger partial charge on any atom is 0.194 e. The molecule has 9 aromatic carbocycles. The minimum Gasteiger partial charge on any atom is -0.456 e. The second-order valence-corrected chi connectivity index (χ2v) is 11.8.